The van der Waals surface area contributed by atoms with Crippen molar-refractivity contribution in [2.24, 2.45) is 5.41 Å². The average Bonchev–Trinajstić information content (AvgIpc) is 3.25. The second-order valence-corrected chi connectivity index (χ2v) is 12.8. The molecule has 3 nitrogen and oxygen atoms in total. The lowest BCUT2D eigenvalue weighted by Gasteiger charge is -2.14. The summed E-state index contributed by atoms with van der Waals surface area (Å²) in [6, 6.07) is 0. The Bertz CT molecular complexity index is 679. The van der Waals surface area contributed by atoms with E-state index >= 15 is 0 Å². The van der Waals surface area contributed by atoms with Crippen molar-refractivity contribution in [2.45, 2.75) is 200 Å². The first-order valence-electron chi connectivity index (χ1n) is 18.2. The van der Waals surface area contributed by atoms with E-state index in [4.69, 9.17) is 4.74 Å². The molecule has 0 saturated carbocycles. The first-order chi connectivity index (χ1) is 20.1. The van der Waals surface area contributed by atoms with Crippen LogP contribution in [0.5, 0.6) is 0 Å². The molecule has 0 radical (unpaired) electrons. The van der Waals surface area contributed by atoms with E-state index in [0.29, 0.717) is 0 Å². The number of unbranched alkanes of at least 4 members (excludes halogenated alkanes) is 26. The topological polar surface area (TPSA) is 43.4 Å². The third-order valence-corrected chi connectivity index (χ3v) is 8.80. The number of cyclic esters (lactones) is 2. The largest absolute Gasteiger partial charge is 0.392 e. The van der Waals surface area contributed by atoms with Crippen LogP contribution in [-0.2, 0) is 14.3 Å². The minimum atomic E-state index is -0.871. The van der Waals surface area contributed by atoms with Gasteiger partial charge in [0.05, 0.1) is 6.42 Å². The summed E-state index contributed by atoms with van der Waals surface area (Å²) in [4.78, 5) is 24.4. The molecule has 1 heterocycles. The van der Waals surface area contributed by atoms with Crippen LogP contribution in [0.25, 0.3) is 0 Å². The van der Waals surface area contributed by atoms with Gasteiger partial charge >= 0.3 is 11.9 Å². The lowest BCUT2D eigenvalue weighted by Crippen LogP contribution is -2.21. The van der Waals surface area contributed by atoms with Crippen LogP contribution in [0.2, 0.25) is 0 Å². The van der Waals surface area contributed by atoms with Crippen molar-refractivity contribution in [3.05, 3.63) is 24.3 Å². The summed E-state index contributed by atoms with van der Waals surface area (Å²) in [5.74, 6) is -0.795. The first kappa shape index (κ1) is 37.6. The zero-order valence-corrected chi connectivity index (χ0v) is 27.5. The molecule has 0 N–H and O–H groups in total. The van der Waals surface area contributed by atoms with Gasteiger partial charge in [0, 0.05) is 0 Å². The van der Waals surface area contributed by atoms with E-state index in [1.54, 1.807) is 0 Å². The normalized spacial score (nSPS) is 17.4. The number of hydrogen-bond acceptors (Lipinski definition) is 3. The maximum Gasteiger partial charge on any atom is 0.328 e. The minimum Gasteiger partial charge on any atom is -0.392 e. The van der Waals surface area contributed by atoms with Crippen LogP contribution in [0.15, 0.2) is 24.3 Å². The number of carbonyl (C=O) groups excluding carboxylic acids is 2. The second-order valence-electron chi connectivity index (χ2n) is 12.8. The highest BCUT2D eigenvalue weighted by atomic mass is 16.6. The molecular weight excluding hydrogens is 504 g/mol. The van der Waals surface area contributed by atoms with Crippen molar-refractivity contribution in [1.29, 1.82) is 0 Å². The number of esters is 2. The van der Waals surface area contributed by atoms with E-state index in [-0.39, 0.29) is 6.42 Å². The van der Waals surface area contributed by atoms with Gasteiger partial charge in [-0.25, -0.2) is 0 Å². The molecule has 0 amide bonds. The zero-order valence-electron chi connectivity index (χ0n) is 27.5. The summed E-state index contributed by atoms with van der Waals surface area (Å²) in [5.41, 5.74) is -0.871. The van der Waals surface area contributed by atoms with Crippen molar-refractivity contribution in [3.8, 4) is 0 Å². The molecule has 0 bridgehead atoms. The van der Waals surface area contributed by atoms with Gasteiger partial charge in [-0.1, -0.05) is 192 Å². The summed E-state index contributed by atoms with van der Waals surface area (Å²) >= 11 is 0. The number of allylic oxidation sites excluding steroid dienone is 2. The van der Waals surface area contributed by atoms with Gasteiger partial charge in [-0.2, -0.15) is 0 Å². The Morgan fingerprint density at radius 2 is 0.780 bits per heavy atom. The SMILES string of the molecule is CCCCCCCCCCCCCCC=CC1(C=CCCCCCCCCCCCCCCCC)CC(=O)OC1=O. The van der Waals surface area contributed by atoms with Crippen LogP contribution in [-0.4, -0.2) is 11.9 Å². The molecule has 238 valence electrons. The highest BCUT2D eigenvalue weighted by molar-refractivity contribution is 6.00. The standard InChI is InChI=1S/C38H68O3/c1-3-5-7-9-11-13-15-17-19-20-22-24-26-28-30-32-34-38(35-36(39)41-37(38)40)33-31-29-27-25-23-21-18-16-14-12-10-8-6-4-2/h31-34H,3-30,35H2,1-2H3. The fourth-order valence-corrected chi connectivity index (χ4v) is 6.00. The van der Waals surface area contributed by atoms with Crippen molar-refractivity contribution < 1.29 is 14.3 Å². The molecule has 41 heavy (non-hydrogen) atoms. The van der Waals surface area contributed by atoms with E-state index in [2.05, 4.69) is 26.0 Å². The van der Waals surface area contributed by atoms with Crippen LogP contribution in [0.1, 0.15) is 200 Å². The van der Waals surface area contributed by atoms with E-state index < -0.39 is 17.4 Å². The van der Waals surface area contributed by atoms with Crippen LogP contribution in [0.3, 0.4) is 0 Å². The van der Waals surface area contributed by atoms with Crippen LogP contribution in [0.4, 0.5) is 0 Å². The summed E-state index contributed by atoms with van der Waals surface area (Å²) in [7, 11) is 0. The summed E-state index contributed by atoms with van der Waals surface area (Å²) in [5, 5.41) is 0. The molecule has 0 aromatic carbocycles. The van der Waals surface area contributed by atoms with Gasteiger partial charge in [0.2, 0.25) is 0 Å². The third-order valence-electron chi connectivity index (χ3n) is 8.80. The first-order valence-corrected chi connectivity index (χ1v) is 18.2. The predicted octanol–water partition coefficient (Wildman–Crippen LogP) is 12.5. The lowest BCUT2D eigenvalue weighted by atomic mass is 9.84. The van der Waals surface area contributed by atoms with Crippen LogP contribution in [0, 0.1) is 5.41 Å². The van der Waals surface area contributed by atoms with E-state index in [1.165, 1.54) is 154 Å². The Hall–Kier alpha value is -1.38. The Labute approximate surface area is 255 Å². The predicted molar refractivity (Wildman–Crippen MR) is 177 cm³/mol. The van der Waals surface area contributed by atoms with Gasteiger partial charge < -0.3 is 4.74 Å². The molecule has 0 aromatic heterocycles. The molecule has 0 aliphatic carbocycles. The van der Waals surface area contributed by atoms with E-state index in [1.807, 2.05) is 12.2 Å². The monoisotopic (exact) mass is 573 g/mol. The maximum atomic E-state index is 12.5. The molecule has 0 spiro atoms. The van der Waals surface area contributed by atoms with Crippen LogP contribution >= 0.6 is 0 Å². The van der Waals surface area contributed by atoms with Crippen molar-refractivity contribution in [3.63, 3.8) is 0 Å². The Morgan fingerprint density at radius 3 is 1.05 bits per heavy atom. The number of rotatable bonds is 30. The number of carbonyl (C=O) groups is 2. The van der Waals surface area contributed by atoms with Gasteiger partial charge in [0.1, 0.15) is 5.41 Å². The molecule has 1 rings (SSSR count). The summed E-state index contributed by atoms with van der Waals surface area (Å²) in [6.45, 7) is 4.56. The molecule has 1 unspecified atom stereocenters. The second kappa shape index (κ2) is 27.5. The summed E-state index contributed by atoms with van der Waals surface area (Å²) in [6.07, 6.45) is 45.4. The van der Waals surface area contributed by atoms with E-state index in [9.17, 15) is 9.59 Å². The molecule has 0 aromatic rings. The fourth-order valence-electron chi connectivity index (χ4n) is 6.00. The highest BCUT2D eigenvalue weighted by Crippen LogP contribution is 2.35. The van der Waals surface area contributed by atoms with Gasteiger partial charge in [0.25, 0.3) is 0 Å². The number of hydrogen-bond donors (Lipinski definition) is 0. The molecular formula is C38H68O3. The van der Waals surface area contributed by atoms with Gasteiger partial charge in [-0.05, 0) is 25.7 Å². The molecule has 1 saturated heterocycles. The molecule has 1 aliphatic heterocycles. The van der Waals surface area contributed by atoms with Gasteiger partial charge in [-0.3, -0.25) is 9.59 Å². The van der Waals surface area contributed by atoms with Gasteiger partial charge in [0.15, 0.2) is 0 Å². The van der Waals surface area contributed by atoms with Gasteiger partial charge in [-0.15, -0.1) is 0 Å². The van der Waals surface area contributed by atoms with E-state index in [0.717, 1.165) is 25.7 Å². The minimum absolute atomic E-state index is 0.149. The lowest BCUT2D eigenvalue weighted by molar-refractivity contribution is -0.153. The quantitative estimate of drug-likeness (QED) is 0.0372. The Kier molecular flexibility index (Phi) is 25.2. The highest BCUT2D eigenvalue weighted by Gasteiger charge is 2.45. The third kappa shape index (κ3) is 21.0. The molecule has 1 aliphatic rings. The smallest absolute Gasteiger partial charge is 0.328 e. The summed E-state index contributed by atoms with van der Waals surface area (Å²) < 4.78 is 4.95. The van der Waals surface area contributed by atoms with Crippen LogP contribution < -0.4 is 0 Å². The molecule has 3 heteroatoms. The molecule has 1 atom stereocenters. The van der Waals surface area contributed by atoms with Crippen molar-refractivity contribution >= 4 is 11.9 Å². The fraction of sp³-hybridized carbons (Fsp3) is 0.842. The average molecular weight is 573 g/mol. The Morgan fingerprint density at radius 1 is 0.488 bits per heavy atom. The van der Waals surface area contributed by atoms with Crippen molar-refractivity contribution in [2.75, 3.05) is 0 Å². The zero-order chi connectivity index (χ0) is 29.7. The van der Waals surface area contributed by atoms with Crippen molar-refractivity contribution in [1.82, 2.24) is 0 Å². The maximum absolute atomic E-state index is 12.5. The number of ether oxygens (including phenoxy) is 1. The molecule has 1 fully saturated rings. The Balaban J connectivity index is 2.09.